The van der Waals surface area contributed by atoms with Gasteiger partial charge in [0.2, 0.25) is 0 Å². The number of benzene rings is 1. The first-order chi connectivity index (χ1) is 11.9. The van der Waals surface area contributed by atoms with Crippen molar-refractivity contribution in [2.75, 3.05) is 27.7 Å². The molecule has 0 fully saturated rings. The van der Waals surface area contributed by atoms with Crippen molar-refractivity contribution in [1.29, 1.82) is 0 Å². The lowest BCUT2D eigenvalue weighted by molar-refractivity contribution is 0.298. The number of hydrogen-bond donors (Lipinski definition) is 2. The van der Waals surface area contributed by atoms with Crippen LogP contribution in [0.5, 0.6) is 0 Å². The average molecular weight is 508 g/mol. The number of aliphatic imine (C=N–C) groups is 1. The molecule has 5 nitrogen and oxygen atoms in total. The molecule has 2 N–H and O–H groups in total. The average Bonchev–Trinajstić information content (AvgIpc) is 2.89. The highest BCUT2D eigenvalue weighted by Gasteiger charge is 2.15. The second-order valence-electron chi connectivity index (χ2n) is 6.08. The SMILES string of the molecule is CN=C(NCc1sc(C)nc1C)NCC(c1ccc(Cl)cc1)N(C)C.I. The van der Waals surface area contributed by atoms with E-state index in [1.165, 1.54) is 10.4 Å². The molecule has 1 atom stereocenters. The number of aromatic nitrogens is 1. The number of thiazole rings is 1. The maximum absolute atomic E-state index is 6.00. The Morgan fingerprint density at radius 1 is 1.23 bits per heavy atom. The van der Waals surface area contributed by atoms with Crippen LogP contribution in [0.1, 0.15) is 27.2 Å². The van der Waals surface area contributed by atoms with Crippen molar-refractivity contribution >= 4 is 52.9 Å². The molecule has 0 aliphatic carbocycles. The van der Waals surface area contributed by atoms with E-state index in [0.717, 1.165) is 34.8 Å². The number of likely N-dealkylation sites (N-methyl/N-ethyl adjacent to an activating group) is 1. The number of guanidine groups is 1. The first-order valence-electron chi connectivity index (χ1n) is 8.20. The van der Waals surface area contributed by atoms with E-state index >= 15 is 0 Å². The van der Waals surface area contributed by atoms with Gasteiger partial charge in [-0.25, -0.2) is 4.98 Å². The molecule has 0 radical (unpaired) electrons. The molecule has 1 aromatic heterocycles. The third kappa shape index (κ3) is 6.68. The monoisotopic (exact) mass is 507 g/mol. The predicted molar refractivity (Wildman–Crippen MR) is 123 cm³/mol. The number of rotatable bonds is 6. The molecule has 0 bridgehead atoms. The smallest absolute Gasteiger partial charge is 0.191 e. The minimum absolute atomic E-state index is 0. The summed E-state index contributed by atoms with van der Waals surface area (Å²) in [5.74, 6) is 0.784. The number of nitrogens with one attached hydrogen (secondary N) is 2. The number of aryl methyl sites for hydroxylation is 2. The van der Waals surface area contributed by atoms with E-state index < -0.39 is 0 Å². The number of hydrogen-bond acceptors (Lipinski definition) is 4. The lowest BCUT2D eigenvalue weighted by Gasteiger charge is -2.26. The lowest BCUT2D eigenvalue weighted by atomic mass is 10.1. The third-order valence-electron chi connectivity index (χ3n) is 3.98. The summed E-state index contributed by atoms with van der Waals surface area (Å²) in [6, 6.07) is 8.20. The van der Waals surface area contributed by atoms with Crippen molar-refractivity contribution in [1.82, 2.24) is 20.5 Å². The summed E-state index contributed by atoms with van der Waals surface area (Å²) in [5, 5.41) is 8.62. The molecule has 8 heteroatoms. The molecule has 2 aromatic rings. The molecule has 26 heavy (non-hydrogen) atoms. The van der Waals surface area contributed by atoms with Crippen LogP contribution >= 0.6 is 46.9 Å². The molecule has 2 rings (SSSR count). The Morgan fingerprint density at radius 2 is 1.88 bits per heavy atom. The molecule has 1 heterocycles. The summed E-state index contributed by atoms with van der Waals surface area (Å²) in [6.07, 6.45) is 0. The van der Waals surface area contributed by atoms with E-state index in [0.29, 0.717) is 0 Å². The highest BCUT2D eigenvalue weighted by Crippen LogP contribution is 2.20. The van der Waals surface area contributed by atoms with Gasteiger partial charge in [-0.15, -0.1) is 35.3 Å². The molecule has 144 valence electrons. The van der Waals surface area contributed by atoms with E-state index in [4.69, 9.17) is 11.6 Å². The highest BCUT2D eigenvalue weighted by atomic mass is 127. The van der Waals surface area contributed by atoms with Crippen LogP contribution in [0.15, 0.2) is 29.3 Å². The Labute approximate surface area is 182 Å². The Bertz CT molecular complexity index is 715. The van der Waals surface area contributed by atoms with Gasteiger partial charge < -0.3 is 15.5 Å². The second-order valence-corrected chi connectivity index (χ2v) is 7.80. The zero-order valence-corrected chi connectivity index (χ0v) is 19.7. The van der Waals surface area contributed by atoms with Crippen molar-refractivity contribution in [3.05, 3.63) is 50.4 Å². The van der Waals surface area contributed by atoms with Crippen molar-refractivity contribution in [2.24, 2.45) is 4.99 Å². The molecule has 0 saturated carbocycles. The van der Waals surface area contributed by atoms with Gasteiger partial charge in [0.15, 0.2) is 5.96 Å². The maximum Gasteiger partial charge on any atom is 0.191 e. The first-order valence-corrected chi connectivity index (χ1v) is 9.39. The van der Waals surface area contributed by atoms with Gasteiger partial charge in [0.25, 0.3) is 0 Å². The molecule has 0 amide bonds. The van der Waals surface area contributed by atoms with Crippen molar-refractivity contribution < 1.29 is 0 Å². The summed E-state index contributed by atoms with van der Waals surface area (Å²) in [6.45, 7) is 5.54. The van der Waals surface area contributed by atoms with Crippen LogP contribution in [0.2, 0.25) is 5.02 Å². The van der Waals surface area contributed by atoms with E-state index in [-0.39, 0.29) is 30.0 Å². The summed E-state index contributed by atoms with van der Waals surface area (Å²) in [4.78, 5) is 12.2. The Balaban J connectivity index is 0.00000338. The van der Waals surface area contributed by atoms with Gasteiger partial charge in [0.1, 0.15) is 0 Å². The van der Waals surface area contributed by atoms with Gasteiger partial charge in [0, 0.05) is 23.5 Å². The molecular formula is C18H27ClIN5S. The minimum atomic E-state index is 0. The Hall–Kier alpha value is -0.900. The number of nitrogens with zero attached hydrogens (tertiary/aromatic N) is 3. The van der Waals surface area contributed by atoms with Crippen LogP contribution in [0.3, 0.4) is 0 Å². The number of halogens is 2. The molecule has 1 aromatic carbocycles. The van der Waals surface area contributed by atoms with Gasteiger partial charge in [-0.3, -0.25) is 4.99 Å². The zero-order chi connectivity index (χ0) is 18.4. The first kappa shape index (κ1) is 23.1. The quantitative estimate of drug-likeness (QED) is 0.353. The molecule has 0 aliphatic rings. The van der Waals surface area contributed by atoms with Gasteiger partial charge in [-0.05, 0) is 45.6 Å². The fourth-order valence-corrected chi connectivity index (χ4v) is 3.60. The van der Waals surface area contributed by atoms with Gasteiger partial charge >= 0.3 is 0 Å². The van der Waals surface area contributed by atoms with Gasteiger partial charge in [-0.2, -0.15) is 0 Å². The molecule has 0 spiro atoms. The highest BCUT2D eigenvalue weighted by molar-refractivity contribution is 14.0. The summed E-state index contributed by atoms with van der Waals surface area (Å²) >= 11 is 7.71. The van der Waals surface area contributed by atoms with Crippen LogP contribution in [-0.2, 0) is 6.54 Å². The topological polar surface area (TPSA) is 52.6 Å². The van der Waals surface area contributed by atoms with E-state index in [9.17, 15) is 0 Å². The van der Waals surface area contributed by atoms with Crippen molar-refractivity contribution in [3.8, 4) is 0 Å². The predicted octanol–water partition coefficient (Wildman–Crippen LogP) is 4.00. The summed E-state index contributed by atoms with van der Waals surface area (Å²) in [7, 11) is 5.92. The van der Waals surface area contributed by atoms with Gasteiger partial charge in [0.05, 0.1) is 23.3 Å². The van der Waals surface area contributed by atoms with Crippen LogP contribution in [0.4, 0.5) is 0 Å². The van der Waals surface area contributed by atoms with Crippen LogP contribution in [0.25, 0.3) is 0 Å². The standard InChI is InChI=1S/C18H26ClN5S.HI/c1-12-17(25-13(2)23-12)11-22-18(20-3)21-10-16(24(4)5)14-6-8-15(19)9-7-14;/h6-9,16H,10-11H2,1-5H3,(H2,20,21,22);1H. The second kappa shape index (κ2) is 11.1. The molecular weight excluding hydrogens is 481 g/mol. The van der Waals surface area contributed by atoms with Crippen molar-refractivity contribution in [3.63, 3.8) is 0 Å². The molecule has 0 saturated heterocycles. The van der Waals surface area contributed by atoms with Crippen LogP contribution in [-0.4, -0.2) is 43.5 Å². The van der Waals surface area contributed by atoms with E-state index in [2.05, 4.69) is 51.7 Å². The fourth-order valence-electron chi connectivity index (χ4n) is 2.60. The van der Waals surface area contributed by atoms with Gasteiger partial charge in [-0.1, -0.05) is 23.7 Å². The summed E-state index contributed by atoms with van der Waals surface area (Å²) < 4.78 is 0. The Kier molecular flexibility index (Phi) is 9.84. The molecule has 1 unspecified atom stereocenters. The zero-order valence-electron chi connectivity index (χ0n) is 15.8. The molecule has 0 aliphatic heterocycles. The van der Waals surface area contributed by atoms with Crippen LogP contribution in [0, 0.1) is 13.8 Å². The van der Waals surface area contributed by atoms with E-state index in [1.807, 2.05) is 26.0 Å². The largest absolute Gasteiger partial charge is 0.354 e. The lowest BCUT2D eigenvalue weighted by Crippen LogP contribution is -2.41. The third-order valence-corrected chi connectivity index (χ3v) is 5.31. The normalized spacial score (nSPS) is 12.7. The Morgan fingerprint density at radius 3 is 2.38 bits per heavy atom. The van der Waals surface area contributed by atoms with Crippen molar-refractivity contribution in [2.45, 2.75) is 26.4 Å². The van der Waals surface area contributed by atoms with Crippen LogP contribution < -0.4 is 10.6 Å². The minimum Gasteiger partial charge on any atom is -0.354 e. The van der Waals surface area contributed by atoms with E-state index in [1.54, 1.807) is 18.4 Å². The summed E-state index contributed by atoms with van der Waals surface area (Å²) in [5.41, 5.74) is 2.30. The fraction of sp³-hybridized carbons (Fsp3) is 0.444. The maximum atomic E-state index is 6.00.